The molecule has 1 atom stereocenters. The van der Waals surface area contributed by atoms with Gasteiger partial charge in [0, 0.05) is 25.7 Å². The number of ether oxygens (including phenoxy) is 2. The first kappa shape index (κ1) is 20.2. The number of para-hydroxylation sites is 1. The number of morpholine rings is 1. The number of nitrogens with one attached hydrogen (secondary N) is 1. The van der Waals surface area contributed by atoms with Crippen molar-refractivity contribution in [2.75, 3.05) is 39.5 Å². The summed E-state index contributed by atoms with van der Waals surface area (Å²) in [7, 11) is 0. The first-order valence-electron chi connectivity index (χ1n) is 9.62. The monoisotopic (exact) mass is 391 g/mol. The molecule has 1 saturated heterocycles. The Kier molecular flexibility index (Phi) is 7.58. The van der Waals surface area contributed by atoms with Gasteiger partial charge in [-0.15, -0.1) is 11.3 Å². The fourth-order valence-electron chi connectivity index (χ4n) is 3.34. The molecule has 7 heteroatoms. The lowest BCUT2D eigenvalue weighted by molar-refractivity contribution is -0.126. The second-order valence-corrected chi connectivity index (χ2v) is 8.42. The van der Waals surface area contributed by atoms with Crippen LogP contribution in [-0.2, 0) is 20.9 Å². The Morgan fingerprint density at radius 1 is 1.33 bits per heavy atom. The molecule has 1 aliphatic rings. The van der Waals surface area contributed by atoms with Crippen molar-refractivity contribution in [3.63, 3.8) is 0 Å². The molecular formula is C20H29N3O3S. The van der Waals surface area contributed by atoms with Crippen molar-refractivity contribution in [2.24, 2.45) is 5.92 Å². The zero-order valence-corrected chi connectivity index (χ0v) is 17.0. The summed E-state index contributed by atoms with van der Waals surface area (Å²) in [5, 5.41) is 3.93. The lowest BCUT2D eigenvalue weighted by atomic mass is 10.0. The smallest absolute Gasteiger partial charge is 0.246 e. The molecule has 1 N–H and O–H groups in total. The topological polar surface area (TPSA) is 63.7 Å². The predicted molar refractivity (Wildman–Crippen MR) is 108 cm³/mol. The third kappa shape index (κ3) is 6.24. The van der Waals surface area contributed by atoms with Crippen molar-refractivity contribution in [2.45, 2.75) is 32.9 Å². The normalized spacial score (nSPS) is 16.7. The minimum atomic E-state index is -0.0712. The number of hydrogen-bond donors (Lipinski definition) is 1. The Labute approximate surface area is 164 Å². The molecular weight excluding hydrogens is 362 g/mol. The molecule has 0 aliphatic carbocycles. The van der Waals surface area contributed by atoms with Crippen LogP contribution in [0.5, 0.6) is 0 Å². The molecule has 1 aliphatic heterocycles. The summed E-state index contributed by atoms with van der Waals surface area (Å²) in [6.07, 6.45) is 1.06. The number of carbonyl (C=O) groups excluding carboxylic acids is 1. The number of benzene rings is 1. The van der Waals surface area contributed by atoms with Gasteiger partial charge in [-0.25, -0.2) is 4.98 Å². The number of amides is 1. The average Bonchev–Trinajstić information content (AvgIpc) is 3.08. The molecule has 6 nitrogen and oxygen atoms in total. The fraction of sp³-hybridized carbons (Fsp3) is 0.600. The van der Waals surface area contributed by atoms with Crippen LogP contribution in [0.3, 0.4) is 0 Å². The second-order valence-electron chi connectivity index (χ2n) is 7.30. The summed E-state index contributed by atoms with van der Waals surface area (Å²) in [5.74, 6) is 0.517. The number of rotatable bonds is 9. The van der Waals surface area contributed by atoms with Crippen molar-refractivity contribution in [3.05, 3.63) is 29.3 Å². The second kappa shape index (κ2) is 10.1. The maximum atomic E-state index is 12.2. The molecule has 3 rings (SSSR count). The first-order valence-corrected chi connectivity index (χ1v) is 10.4. The summed E-state index contributed by atoms with van der Waals surface area (Å²) < 4.78 is 12.2. The third-order valence-electron chi connectivity index (χ3n) is 4.64. The lowest BCUT2D eigenvalue weighted by Crippen LogP contribution is -2.49. The van der Waals surface area contributed by atoms with Crippen molar-refractivity contribution in [1.29, 1.82) is 0 Å². The molecule has 1 fully saturated rings. The van der Waals surface area contributed by atoms with Crippen LogP contribution < -0.4 is 5.32 Å². The lowest BCUT2D eigenvalue weighted by Gasteiger charge is -2.35. The third-order valence-corrected chi connectivity index (χ3v) is 5.65. The summed E-state index contributed by atoms with van der Waals surface area (Å²) in [5.41, 5.74) is 0.979. The Morgan fingerprint density at radius 2 is 2.11 bits per heavy atom. The van der Waals surface area contributed by atoms with Crippen LogP contribution in [0.2, 0.25) is 0 Å². The van der Waals surface area contributed by atoms with Gasteiger partial charge >= 0.3 is 0 Å². The molecule has 0 saturated carbocycles. The van der Waals surface area contributed by atoms with E-state index >= 15 is 0 Å². The highest BCUT2D eigenvalue weighted by molar-refractivity contribution is 7.18. The Hall–Kier alpha value is -1.54. The Balaban J connectivity index is 1.41. The summed E-state index contributed by atoms with van der Waals surface area (Å²) in [6, 6.07) is 8.36. The molecule has 1 aromatic heterocycles. The first-order chi connectivity index (χ1) is 13.1. The maximum Gasteiger partial charge on any atom is 0.246 e. The number of nitrogens with zero attached hydrogens (tertiary/aromatic N) is 2. The van der Waals surface area contributed by atoms with Crippen LogP contribution in [0.15, 0.2) is 24.3 Å². The largest absolute Gasteiger partial charge is 0.379 e. The number of hydrogen-bond acceptors (Lipinski definition) is 6. The van der Waals surface area contributed by atoms with E-state index in [9.17, 15) is 4.79 Å². The molecule has 148 valence electrons. The number of carbonyl (C=O) groups is 1. The van der Waals surface area contributed by atoms with Gasteiger partial charge in [0.2, 0.25) is 5.91 Å². The van der Waals surface area contributed by atoms with E-state index in [2.05, 4.69) is 29.0 Å². The fourth-order valence-corrected chi connectivity index (χ4v) is 4.25. The number of fused-ring (bicyclic) bond motifs is 1. The molecule has 0 spiro atoms. The van der Waals surface area contributed by atoms with Gasteiger partial charge in [0.05, 0.1) is 30.0 Å². The van der Waals surface area contributed by atoms with E-state index in [0.29, 0.717) is 25.1 Å². The highest BCUT2D eigenvalue weighted by Gasteiger charge is 2.22. The zero-order valence-electron chi connectivity index (χ0n) is 16.1. The van der Waals surface area contributed by atoms with E-state index in [-0.39, 0.29) is 12.5 Å². The minimum absolute atomic E-state index is 0.0629. The van der Waals surface area contributed by atoms with Crippen LogP contribution in [0.1, 0.15) is 25.3 Å². The van der Waals surface area contributed by atoms with Crippen LogP contribution >= 0.6 is 11.3 Å². The summed E-state index contributed by atoms with van der Waals surface area (Å²) in [4.78, 5) is 19.1. The molecule has 1 amide bonds. The minimum Gasteiger partial charge on any atom is -0.379 e. The molecule has 2 heterocycles. The van der Waals surface area contributed by atoms with Crippen molar-refractivity contribution in [1.82, 2.24) is 15.2 Å². The Bertz CT molecular complexity index is 695. The van der Waals surface area contributed by atoms with Crippen LogP contribution in [0.25, 0.3) is 10.2 Å². The van der Waals surface area contributed by atoms with Gasteiger partial charge in [-0.05, 0) is 24.5 Å². The van der Waals surface area contributed by atoms with E-state index < -0.39 is 0 Å². The molecule has 0 bridgehead atoms. The van der Waals surface area contributed by atoms with Crippen molar-refractivity contribution >= 4 is 27.5 Å². The SMILES string of the molecule is CC(C)CC(CNC(=O)COCc1nc2ccccc2s1)N1CCOCC1. The van der Waals surface area contributed by atoms with Crippen molar-refractivity contribution in [3.8, 4) is 0 Å². The average molecular weight is 392 g/mol. The Morgan fingerprint density at radius 3 is 2.85 bits per heavy atom. The van der Waals surface area contributed by atoms with Gasteiger partial charge in [0.1, 0.15) is 11.6 Å². The number of aromatic nitrogens is 1. The van der Waals surface area contributed by atoms with Crippen molar-refractivity contribution < 1.29 is 14.3 Å². The van der Waals surface area contributed by atoms with E-state index in [1.807, 2.05) is 24.3 Å². The highest BCUT2D eigenvalue weighted by Crippen LogP contribution is 2.21. The zero-order chi connectivity index (χ0) is 19.1. The highest BCUT2D eigenvalue weighted by atomic mass is 32.1. The van der Waals surface area contributed by atoms with Gasteiger partial charge in [0.25, 0.3) is 0 Å². The van der Waals surface area contributed by atoms with Gasteiger partial charge in [-0.3, -0.25) is 9.69 Å². The predicted octanol–water partition coefficient (Wildman–Crippen LogP) is 2.68. The van der Waals surface area contributed by atoms with Crippen LogP contribution in [0, 0.1) is 5.92 Å². The number of thiazole rings is 1. The van der Waals surface area contributed by atoms with Gasteiger partial charge in [-0.2, -0.15) is 0 Å². The molecule has 1 aromatic carbocycles. The van der Waals surface area contributed by atoms with E-state index in [4.69, 9.17) is 9.47 Å². The molecule has 2 aromatic rings. The van der Waals surface area contributed by atoms with E-state index in [1.165, 1.54) is 0 Å². The van der Waals surface area contributed by atoms with Gasteiger partial charge in [-0.1, -0.05) is 26.0 Å². The summed E-state index contributed by atoms with van der Waals surface area (Å²) >= 11 is 1.61. The van der Waals surface area contributed by atoms with Crippen LogP contribution in [0.4, 0.5) is 0 Å². The summed E-state index contributed by atoms with van der Waals surface area (Å²) in [6.45, 7) is 8.93. The van der Waals surface area contributed by atoms with Gasteiger partial charge < -0.3 is 14.8 Å². The standard InChI is InChI=1S/C20H29N3O3S/c1-15(2)11-16(23-7-9-25-10-8-23)12-21-19(24)13-26-14-20-22-17-5-3-4-6-18(17)27-20/h3-6,15-16H,7-14H2,1-2H3,(H,21,24). The maximum absolute atomic E-state index is 12.2. The quantitative estimate of drug-likeness (QED) is 0.712. The van der Waals surface area contributed by atoms with Crippen LogP contribution in [-0.4, -0.2) is 61.3 Å². The van der Waals surface area contributed by atoms with Gasteiger partial charge in [0.15, 0.2) is 0 Å². The molecule has 0 radical (unpaired) electrons. The molecule has 1 unspecified atom stereocenters. The van der Waals surface area contributed by atoms with E-state index in [1.54, 1.807) is 11.3 Å². The van der Waals surface area contributed by atoms with E-state index in [0.717, 1.165) is 47.9 Å². The molecule has 27 heavy (non-hydrogen) atoms.